The van der Waals surface area contributed by atoms with Crippen LogP contribution in [0.1, 0.15) is 11.5 Å². The van der Waals surface area contributed by atoms with Gasteiger partial charge in [0.25, 0.3) is 0 Å². The Morgan fingerprint density at radius 1 is 0.720 bits per heavy atom. The largest absolute Gasteiger partial charge is 0.301 e. The van der Waals surface area contributed by atoms with Crippen LogP contribution in [0, 0.1) is 5.92 Å². The van der Waals surface area contributed by atoms with Crippen molar-refractivity contribution in [3.05, 3.63) is 84.7 Å². The van der Waals surface area contributed by atoms with Gasteiger partial charge in [-0.05, 0) is 23.8 Å². The van der Waals surface area contributed by atoms with E-state index in [1.165, 1.54) is 11.3 Å². The molecular formula is C21H16N4. The van der Waals surface area contributed by atoms with Crippen molar-refractivity contribution in [3.8, 4) is 0 Å². The molecule has 0 amide bonds. The average molecular weight is 324 g/mol. The number of rotatable bonds is 1. The SMILES string of the molecule is C1=CC2C1c1ccccc1N1c3nccnc3N(c3ccccc3)C21. The van der Waals surface area contributed by atoms with E-state index in [-0.39, 0.29) is 6.17 Å². The van der Waals surface area contributed by atoms with Gasteiger partial charge in [0.05, 0.1) is 0 Å². The molecule has 3 aromatic rings. The minimum atomic E-state index is 0.185. The van der Waals surface area contributed by atoms with E-state index in [2.05, 4.69) is 76.5 Å². The number of hydrogen-bond donors (Lipinski definition) is 0. The van der Waals surface area contributed by atoms with E-state index < -0.39 is 0 Å². The first-order valence-corrected chi connectivity index (χ1v) is 8.65. The Bertz CT molecular complexity index is 998. The van der Waals surface area contributed by atoms with Crippen molar-refractivity contribution in [2.45, 2.75) is 12.1 Å². The lowest BCUT2D eigenvalue weighted by atomic mass is 9.72. The first kappa shape index (κ1) is 13.2. The lowest BCUT2D eigenvalue weighted by Gasteiger charge is -2.48. The first-order valence-electron chi connectivity index (χ1n) is 8.65. The molecule has 0 saturated heterocycles. The number of benzene rings is 2. The number of para-hydroxylation sites is 2. The smallest absolute Gasteiger partial charge is 0.178 e. The second kappa shape index (κ2) is 4.70. The Morgan fingerprint density at radius 2 is 1.44 bits per heavy atom. The Morgan fingerprint density at radius 3 is 2.20 bits per heavy atom. The van der Waals surface area contributed by atoms with Crippen LogP contribution in [0.2, 0.25) is 0 Å². The van der Waals surface area contributed by atoms with E-state index in [1.54, 1.807) is 12.4 Å². The van der Waals surface area contributed by atoms with Crippen molar-refractivity contribution >= 4 is 23.0 Å². The van der Waals surface area contributed by atoms with Gasteiger partial charge in [-0.1, -0.05) is 48.6 Å². The van der Waals surface area contributed by atoms with Crippen LogP contribution < -0.4 is 9.80 Å². The molecule has 3 atom stereocenters. The zero-order chi connectivity index (χ0) is 16.4. The quantitative estimate of drug-likeness (QED) is 0.622. The van der Waals surface area contributed by atoms with Gasteiger partial charge in [0.2, 0.25) is 0 Å². The third-order valence-electron chi connectivity index (χ3n) is 5.54. The minimum absolute atomic E-state index is 0.185. The van der Waals surface area contributed by atoms with Gasteiger partial charge in [-0.2, -0.15) is 0 Å². The van der Waals surface area contributed by atoms with Crippen molar-refractivity contribution < 1.29 is 0 Å². The molecule has 25 heavy (non-hydrogen) atoms. The molecule has 1 aromatic heterocycles. The molecule has 0 spiro atoms. The predicted molar refractivity (Wildman–Crippen MR) is 98.4 cm³/mol. The monoisotopic (exact) mass is 324 g/mol. The van der Waals surface area contributed by atoms with Crippen molar-refractivity contribution in [2.75, 3.05) is 9.80 Å². The van der Waals surface area contributed by atoms with Crippen LogP contribution in [0.4, 0.5) is 23.0 Å². The standard InChI is InChI=1S/C21H16N4/c1-2-6-14(7-3-1)24-19-20(23-13-12-22-19)25-18-9-5-4-8-16(18)15-10-11-17(15)21(24)25/h1-13,15,17,21H. The molecule has 3 unspecified atom stereocenters. The number of nitrogens with zero attached hydrogens (tertiary/aromatic N) is 4. The van der Waals surface area contributed by atoms with Gasteiger partial charge in [-0.25, -0.2) is 9.97 Å². The summed E-state index contributed by atoms with van der Waals surface area (Å²) >= 11 is 0. The summed E-state index contributed by atoms with van der Waals surface area (Å²) in [6.45, 7) is 0. The van der Waals surface area contributed by atoms with Crippen molar-refractivity contribution in [1.29, 1.82) is 0 Å². The van der Waals surface area contributed by atoms with Crippen LogP contribution in [0.5, 0.6) is 0 Å². The number of fused-ring (bicyclic) bond motifs is 8. The molecule has 1 aliphatic carbocycles. The first-order chi connectivity index (χ1) is 12.4. The highest BCUT2D eigenvalue weighted by molar-refractivity contribution is 5.86. The zero-order valence-corrected chi connectivity index (χ0v) is 13.5. The van der Waals surface area contributed by atoms with Crippen LogP contribution in [-0.2, 0) is 0 Å². The number of hydrogen-bond acceptors (Lipinski definition) is 4. The van der Waals surface area contributed by atoms with E-state index in [0.717, 1.165) is 17.3 Å². The second-order valence-electron chi connectivity index (χ2n) is 6.74. The maximum Gasteiger partial charge on any atom is 0.178 e. The molecule has 6 rings (SSSR count). The Labute approximate surface area is 146 Å². The van der Waals surface area contributed by atoms with Crippen LogP contribution in [-0.4, -0.2) is 16.1 Å². The summed E-state index contributed by atoms with van der Waals surface area (Å²) in [5.41, 5.74) is 3.80. The molecule has 4 heteroatoms. The van der Waals surface area contributed by atoms with Gasteiger partial charge in [0.1, 0.15) is 6.17 Å². The number of anilines is 4. The summed E-state index contributed by atoms with van der Waals surface area (Å²) in [6, 6.07) is 19.2. The molecular weight excluding hydrogens is 308 g/mol. The topological polar surface area (TPSA) is 32.3 Å². The summed E-state index contributed by atoms with van der Waals surface area (Å²) < 4.78 is 0. The summed E-state index contributed by atoms with van der Waals surface area (Å²) in [5, 5.41) is 0. The Kier molecular flexibility index (Phi) is 2.48. The van der Waals surface area contributed by atoms with Crippen molar-refractivity contribution in [1.82, 2.24) is 9.97 Å². The van der Waals surface area contributed by atoms with Crippen LogP contribution >= 0.6 is 0 Å². The van der Waals surface area contributed by atoms with Crippen molar-refractivity contribution in [2.24, 2.45) is 5.92 Å². The van der Waals surface area contributed by atoms with Gasteiger partial charge in [-0.3, -0.25) is 0 Å². The normalized spacial score (nSPS) is 24.9. The lowest BCUT2D eigenvalue weighted by molar-refractivity contribution is 0.416. The Balaban J connectivity index is 1.63. The molecule has 0 radical (unpaired) electrons. The summed E-state index contributed by atoms with van der Waals surface area (Å²) in [4.78, 5) is 14.1. The van der Waals surface area contributed by atoms with E-state index in [0.29, 0.717) is 11.8 Å². The summed E-state index contributed by atoms with van der Waals surface area (Å²) in [6.07, 6.45) is 8.42. The number of allylic oxidation sites excluding steroid dienone is 1. The molecule has 120 valence electrons. The number of aromatic nitrogens is 2. The van der Waals surface area contributed by atoms with E-state index in [1.807, 2.05) is 0 Å². The molecule has 0 bridgehead atoms. The van der Waals surface area contributed by atoms with Gasteiger partial charge >= 0.3 is 0 Å². The molecule has 3 heterocycles. The van der Waals surface area contributed by atoms with Gasteiger partial charge in [0.15, 0.2) is 11.6 Å². The molecule has 4 nitrogen and oxygen atoms in total. The average Bonchev–Trinajstić information content (AvgIpc) is 2.96. The van der Waals surface area contributed by atoms with E-state index >= 15 is 0 Å². The molecule has 0 saturated carbocycles. The summed E-state index contributed by atoms with van der Waals surface area (Å²) in [7, 11) is 0. The highest BCUT2D eigenvalue weighted by Crippen LogP contribution is 2.57. The fourth-order valence-corrected chi connectivity index (χ4v) is 4.43. The highest BCUT2D eigenvalue weighted by atomic mass is 15.5. The minimum Gasteiger partial charge on any atom is -0.301 e. The van der Waals surface area contributed by atoms with E-state index in [4.69, 9.17) is 9.97 Å². The highest BCUT2D eigenvalue weighted by Gasteiger charge is 2.51. The summed E-state index contributed by atoms with van der Waals surface area (Å²) in [5.74, 6) is 2.79. The van der Waals surface area contributed by atoms with E-state index in [9.17, 15) is 0 Å². The van der Waals surface area contributed by atoms with Crippen LogP contribution in [0.15, 0.2) is 79.1 Å². The fraction of sp³-hybridized carbons (Fsp3) is 0.143. The predicted octanol–water partition coefficient (Wildman–Crippen LogP) is 4.38. The zero-order valence-electron chi connectivity index (χ0n) is 13.5. The van der Waals surface area contributed by atoms with Gasteiger partial charge in [0, 0.05) is 35.6 Å². The van der Waals surface area contributed by atoms with Crippen LogP contribution in [0.3, 0.4) is 0 Å². The molecule has 0 fully saturated rings. The molecule has 0 N–H and O–H groups in total. The third kappa shape index (κ3) is 1.61. The Hall–Kier alpha value is -3.14. The van der Waals surface area contributed by atoms with Crippen LogP contribution in [0.25, 0.3) is 0 Å². The second-order valence-corrected chi connectivity index (χ2v) is 6.74. The van der Waals surface area contributed by atoms with Gasteiger partial charge in [-0.15, -0.1) is 0 Å². The maximum atomic E-state index is 4.70. The fourth-order valence-electron chi connectivity index (χ4n) is 4.43. The lowest BCUT2D eigenvalue weighted by Crippen LogP contribution is -2.51. The molecule has 3 aliphatic rings. The molecule has 2 aromatic carbocycles. The maximum absolute atomic E-state index is 4.70. The molecule has 2 aliphatic heterocycles. The third-order valence-corrected chi connectivity index (χ3v) is 5.54. The van der Waals surface area contributed by atoms with Crippen molar-refractivity contribution in [3.63, 3.8) is 0 Å². The van der Waals surface area contributed by atoms with Gasteiger partial charge < -0.3 is 9.80 Å².